The van der Waals surface area contributed by atoms with Gasteiger partial charge in [0.15, 0.2) is 0 Å². The van der Waals surface area contributed by atoms with Crippen molar-refractivity contribution < 1.29 is 9.32 Å². The zero-order chi connectivity index (χ0) is 18.8. The summed E-state index contributed by atoms with van der Waals surface area (Å²) < 4.78 is 5.52. The molecule has 0 radical (unpaired) electrons. The van der Waals surface area contributed by atoms with Crippen LogP contribution in [0.5, 0.6) is 0 Å². The predicted octanol–water partition coefficient (Wildman–Crippen LogP) is 2.08. The molecular formula is C20H27N5O2. The molecule has 1 aliphatic heterocycles. The first-order valence-electron chi connectivity index (χ1n) is 9.79. The van der Waals surface area contributed by atoms with Crippen LogP contribution in [0.4, 0.5) is 0 Å². The van der Waals surface area contributed by atoms with Gasteiger partial charge in [0.2, 0.25) is 17.6 Å². The lowest BCUT2D eigenvalue weighted by Gasteiger charge is -2.39. The standard InChI is InChI=1S/C20H27N5O2/c1-14(19(26)21-17-8-9-17)24-10-12-25(13-11-24)15(2)20-22-18(23-27-20)16-6-4-3-5-7-16/h3-7,14-15,17H,8-13H2,1-2H3,(H,21,26). The molecule has 1 saturated heterocycles. The van der Waals surface area contributed by atoms with Gasteiger partial charge in [-0.2, -0.15) is 4.98 Å². The Labute approximate surface area is 159 Å². The second kappa shape index (κ2) is 7.78. The number of hydrogen-bond acceptors (Lipinski definition) is 6. The van der Waals surface area contributed by atoms with E-state index in [-0.39, 0.29) is 18.0 Å². The number of rotatable bonds is 6. The van der Waals surface area contributed by atoms with Crippen LogP contribution in [0.2, 0.25) is 0 Å². The number of amides is 1. The fourth-order valence-electron chi connectivity index (χ4n) is 3.49. The van der Waals surface area contributed by atoms with Crippen LogP contribution in [0, 0.1) is 0 Å². The Morgan fingerprint density at radius 1 is 1.11 bits per heavy atom. The molecule has 0 spiro atoms. The molecule has 1 saturated carbocycles. The molecule has 1 aliphatic carbocycles. The average Bonchev–Trinajstić information content (AvgIpc) is 3.39. The Hall–Kier alpha value is -2.25. The summed E-state index contributed by atoms with van der Waals surface area (Å²) in [5.74, 6) is 1.42. The van der Waals surface area contributed by atoms with Crippen molar-refractivity contribution in [2.24, 2.45) is 0 Å². The third kappa shape index (κ3) is 4.20. The first-order chi connectivity index (χ1) is 13.1. The van der Waals surface area contributed by atoms with E-state index < -0.39 is 0 Å². The van der Waals surface area contributed by atoms with Crippen LogP contribution < -0.4 is 5.32 Å². The van der Waals surface area contributed by atoms with Gasteiger partial charge in [-0.1, -0.05) is 35.5 Å². The summed E-state index contributed by atoms with van der Waals surface area (Å²) in [6.45, 7) is 7.59. The quantitative estimate of drug-likeness (QED) is 0.840. The predicted molar refractivity (Wildman–Crippen MR) is 102 cm³/mol. The van der Waals surface area contributed by atoms with Crippen LogP contribution in [0.15, 0.2) is 34.9 Å². The van der Waals surface area contributed by atoms with Gasteiger partial charge in [-0.3, -0.25) is 14.6 Å². The number of hydrogen-bond donors (Lipinski definition) is 1. The van der Waals surface area contributed by atoms with E-state index >= 15 is 0 Å². The van der Waals surface area contributed by atoms with Gasteiger partial charge in [-0.15, -0.1) is 0 Å². The third-order valence-corrected chi connectivity index (χ3v) is 5.58. The molecule has 0 bridgehead atoms. The SMILES string of the molecule is CC(C(=O)NC1CC1)N1CCN(C(C)c2nc(-c3ccccc3)no2)CC1. The van der Waals surface area contributed by atoms with Gasteiger partial charge < -0.3 is 9.84 Å². The van der Waals surface area contributed by atoms with Crippen LogP contribution in [0.25, 0.3) is 11.4 Å². The van der Waals surface area contributed by atoms with E-state index in [0.29, 0.717) is 17.8 Å². The monoisotopic (exact) mass is 369 g/mol. The summed E-state index contributed by atoms with van der Waals surface area (Å²) in [5.41, 5.74) is 0.958. The van der Waals surface area contributed by atoms with Gasteiger partial charge in [0.05, 0.1) is 12.1 Å². The lowest BCUT2D eigenvalue weighted by atomic mass is 10.1. The summed E-state index contributed by atoms with van der Waals surface area (Å²) in [5, 5.41) is 7.23. The van der Waals surface area contributed by atoms with Crippen molar-refractivity contribution >= 4 is 5.91 Å². The van der Waals surface area contributed by atoms with Crippen molar-refractivity contribution in [3.8, 4) is 11.4 Å². The largest absolute Gasteiger partial charge is 0.352 e. The lowest BCUT2D eigenvalue weighted by molar-refractivity contribution is -0.126. The normalized spacial score (nSPS) is 21.0. The molecule has 2 unspecified atom stereocenters. The van der Waals surface area contributed by atoms with E-state index in [0.717, 1.165) is 44.6 Å². The molecule has 2 atom stereocenters. The maximum atomic E-state index is 12.3. The van der Waals surface area contributed by atoms with Crippen molar-refractivity contribution in [3.05, 3.63) is 36.2 Å². The number of carbonyl (C=O) groups is 1. The number of nitrogens with zero attached hydrogens (tertiary/aromatic N) is 4. The number of benzene rings is 1. The molecule has 2 aliphatic rings. The Balaban J connectivity index is 1.32. The molecular weight excluding hydrogens is 342 g/mol. The number of piperazine rings is 1. The number of carbonyl (C=O) groups excluding carboxylic acids is 1. The Morgan fingerprint density at radius 2 is 1.78 bits per heavy atom. The minimum atomic E-state index is -0.0730. The molecule has 2 fully saturated rings. The van der Waals surface area contributed by atoms with Gasteiger partial charge in [-0.05, 0) is 26.7 Å². The molecule has 7 nitrogen and oxygen atoms in total. The molecule has 1 N–H and O–H groups in total. The molecule has 144 valence electrons. The average molecular weight is 369 g/mol. The highest BCUT2D eigenvalue weighted by atomic mass is 16.5. The van der Waals surface area contributed by atoms with Gasteiger partial charge in [0, 0.05) is 37.8 Å². The van der Waals surface area contributed by atoms with Gasteiger partial charge >= 0.3 is 0 Å². The molecule has 1 aromatic carbocycles. The fourth-order valence-corrected chi connectivity index (χ4v) is 3.49. The maximum absolute atomic E-state index is 12.3. The molecule has 1 amide bonds. The van der Waals surface area contributed by atoms with Crippen LogP contribution in [-0.4, -0.2) is 64.1 Å². The van der Waals surface area contributed by atoms with Crippen LogP contribution in [0.1, 0.15) is 38.6 Å². The van der Waals surface area contributed by atoms with Gasteiger partial charge in [0.25, 0.3) is 0 Å². The third-order valence-electron chi connectivity index (χ3n) is 5.58. The molecule has 4 rings (SSSR count). The summed E-state index contributed by atoms with van der Waals surface area (Å²) in [6.07, 6.45) is 2.25. The zero-order valence-corrected chi connectivity index (χ0v) is 16.0. The van der Waals surface area contributed by atoms with Crippen molar-refractivity contribution in [1.82, 2.24) is 25.3 Å². The molecule has 7 heteroatoms. The van der Waals surface area contributed by atoms with E-state index in [1.807, 2.05) is 37.3 Å². The Bertz CT molecular complexity index is 766. The zero-order valence-electron chi connectivity index (χ0n) is 16.0. The van der Waals surface area contributed by atoms with E-state index in [1.165, 1.54) is 0 Å². The summed E-state index contributed by atoms with van der Waals surface area (Å²) in [7, 11) is 0. The summed E-state index contributed by atoms with van der Waals surface area (Å²) in [6, 6.07) is 10.3. The number of aromatic nitrogens is 2. The number of nitrogens with one attached hydrogen (secondary N) is 1. The van der Waals surface area contributed by atoms with Crippen LogP contribution in [0.3, 0.4) is 0 Å². The smallest absolute Gasteiger partial charge is 0.244 e. The van der Waals surface area contributed by atoms with Crippen LogP contribution >= 0.6 is 0 Å². The molecule has 27 heavy (non-hydrogen) atoms. The Morgan fingerprint density at radius 3 is 2.44 bits per heavy atom. The van der Waals surface area contributed by atoms with Gasteiger partial charge in [-0.25, -0.2) is 0 Å². The topological polar surface area (TPSA) is 74.5 Å². The van der Waals surface area contributed by atoms with Crippen molar-refractivity contribution in [2.75, 3.05) is 26.2 Å². The van der Waals surface area contributed by atoms with Crippen LogP contribution in [-0.2, 0) is 4.79 Å². The minimum Gasteiger partial charge on any atom is -0.352 e. The fraction of sp³-hybridized carbons (Fsp3) is 0.550. The second-order valence-corrected chi connectivity index (χ2v) is 7.53. The Kier molecular flexibility index (Phi) is 5.22. The summed E-state index contributed by atoms with van der Waals surface area (Å²) in [4.78, 5) is 21.4. The van der Waals surface area contributed by atoms with Gasteiger partial charge in [0.1, 0.15) is 0 Å². The second-order valence-electron chi connectivity index (χ2n) is 7.53. The van der Waals surface area contributed by atoms with E-state index in [4.69, 9.17) is 4.52 Å². The van der Waals surface area contributed by atoms with E-state index in [1.54, 1.807) is 0 Å². The van der Waals surface area contributed by atoms with E-state index in [2.05, 4.69) is 32.2 Å². The minimum absolute atomic E-state index is 0.0627. The van der Waals surface area contributed by atoms with E-state index in [9.17, 15) is 4.79 Å². The molecule has 2 heterocycles. The van der Waals surface area contributed by atoms with Crippen molar-refractivity contribution in [2.45, 2.75) is 44.8 Å². The molecule has 1 aromatic heterocycles. The van der Waals surface area contributed by atoms with Crippen molar-refractivity contribution in [3.63, 3.8) is 0 Å². The van der Waals surface area contributed by atoms with Crippen molar-refractivity contribution in [1.29, 1.82) is 0 Å². The highest BCUT2D eigenvalue weighted by Crippen LogP contribution is 2.24. The summed E-state index contributed by atoms with van der Waals surface area (Å²) >= 11 is 0. The highest BCUT2D eigenvalue weighted by Gasteiger charge is 2.32. The first-order valence-corrected chi connectivity index (χ1v) is 9.79. The highest BCUT2D eigenvalue weighted by molar-refractivity contribution is 5.81. The molecule has 2 aromatic rings. The lowest BCUT2D eigenvalue weighted by Crippen LogP contribution is -2.54. The maximum Gasteiger partial charge on any atom is 0.244 e. The first kappa shape index (κ1) is 18.1.